The number of hydrogen-bond acceptors (Lipinski definition) is 5. The fourth-order valence-electron chi connectivity index (χ4n) is 3.07. The Hall–Kier alpha value is -1.95. The monoisotopic (exact) mass is 322 g/mol. The molecular formula is C17H26N2O4. The first-order chi connectivity index (χ1) is 10.9. The van der Waals surface area contributed by atoms with Gasteiger partial charge in [-0.2, -0.15) is 0 Å². The van der Waals surface area contributed by atoms with Crippen LogP contribution in [-0.2, 0) is 4.79 Å². The Morgan fingerprint density at radius 3 is 2.09 bits per heavy atom. The molecular weight excluding hydrogens is 296 g/mol. The van der Waals surface area contributed by atoms with Crippen molar-refractivity contribution < 1.29 is 19.0 Å². The van der Waals surface area contributed by atoms with Crippen molar-refractivity contribution in [3.63, 3.8) is 0 Å². The number of nitrogens with zero attached hydrogens (tertiary/aromatic N) is 1. The van der Waals surface area contributed by atoms with Crippen LogP contribution in [0, 0.1) is 0 Å². The highest BCUT2D eigenvalue weighted by molar-refractivity contribution is 5.99. The lowest BCUT2D eigenvalue weighted by atomic mass is 9.84. The van der Waals surface area contributed by atoms with E-state index in [1.54, 1.807) is 33.5 Å². The van der Waals surface area contributed by atoms with Crippen molar-refractivity contribution in [2.24, 2.45) is 0 Å². The van der Waals surface area contributed by atoms with E-state index in [9.17, 15) is 4.79 Å². The summed E-state index contributed by atoms with van der Waals surface area (Å²) < 4.78 is 15.9. The minimum absolute atomic E-state index is 0.0216. The maximum Gasteiger partial charge on any atom is 0.244 e. The highest BCUT2D eigenvalue weighted by atomic mass is 16.5. The van der Waals surface area contributed by atoms with E-state index < -0.39 is 5.54 Å². The molecule has 1 aliphatic heterocycles. The molecule has 0 aliphatic carbocycles. The summed E-state index contributed by atoms with van der Waals surface area (Å²) in [5.41, 5.74) is 0.149. The van der Waals surface area contributed by atoms with Gasteiger partial charge < -0.3 is 19.5 Å². The summed E-state index contributed by atoms with van der Waals surface area (Å²) in [6.07, 6.45) is 0.849. The predicted octanol–water partition coefficient (Wildman–Crippen LogP) is 2.52. The average Bonchev–Trinajstić information content (AvgIpc) is 2.51. The summed E-state index contributed by atoms with van der Waals surface area (Å²) in [6, 6.07) is 3.81. The maximum absolute atomic E-state index is 12.7. The van der Waals surface area contributed by atoms with E-state index in [2.05, 4.69) is 24.1 Å². The minimum atomic E-state index is -0.478. The van der Waals surface area contributed by atoms with E-state index in [0.29, 0.717) is 29.0 Å². The normalized spacial score (nSPS) is 20.8. The second-order valence-electron chi connectivity index (χ2n) is 6.18. The third-order valence-electron chi connectivity index (χ3n) is 4.51. The van der Waals surface area contributed by atoms with Crippen LogP contribution in [0.3, 0.4) is 0 Å². The number of nitrogens with one attached hydrogen (secondary N) is 1. The number of benzene rings is 1. The van der Waals surface area contributed by atoms with Gasteiger partial charge in [0.25, 0.3) is 0 Å². The molecule has 0 saturated carbocycles. The number of amides is 1. The molecule has 128 valence electrons. The van der Waals surface area contributed by atoms with Crippen molar-refractivity contribution in [2.45, 2.75) is 38.8 Å². The van der Waals surface area contributed by atoms with Crippen molar-refractivity contribution >= 4 is 11.6 Å². The zero-order valence-corrected chi connectivity index (χ0v) is 14.7. The Balaban J connectivity index is 2.25. The first-order valence-electron chi connectivity index (χ1n) is 7.75. The summed E-state index contributed by atoms with van der Waals surface area (Å²) in [5, 5.41) is 2.97. The van der Waals surface area contributed by atoms with Crippen molar-refractivity contribution in [3.05, 3.63) is 12.1 Å². The Kier molecular flexibility index (Phi) is 5.04. The van der Waals surface area contributed by atoms with Gasteiger partial charge in [-0.3, -0.25) is 9.69 Å². The molecule has 0 bridgehead atoms. The van der Waals surface area contributed by atoms with Crippen LogP contribution in [0.1, 0.15) is 27.2 Å². The van der Waals surface area contributed by atoms with Gasteiger partial charge in [-0.15, -0.1) is 0 Å². The molecule has 1 amide bonds. The number of carbonyl (C=O) groups excluding carboxylic acids is 1. The van der Waals surface area contributed by atoms with E-state index in [0.717, 1.165) is 13.0 Å². The number of hydrogen-bond donors (Lipinski definition) is 1. The Labute approximate surface area is 137 Å². The van der Waals surface area contributed by atoms with E-state index in [-0.39, 0.29) is 5.91 Å². The second kappa shape index (κ2) is 6.66. The molecule has 6 nitrogen and oxygen atoms in total. The lowest BCUT2D eigenvalue weighted by Gasteiger charge is -2.51. The van der Waals surface area contributed by atoms with Gasteiger partial charge in [0.1, 0.15) is 0 Å². The molecule has 1 heterocycles. The summed E-state index contributed by atoms with van der Waals surface area (Å²) >= 11 is 0. The van der Waals surface area contributed by atoms with Gasteiger partial charge in [-0.05, 0) is 27.2 Å². The van der Waals surface area contributed by atoms with Crippen LogP contribution in [0.4, 0.5) is 5.69 Å². The third kappa shape index (κ3) is 3.08. The minimum Gasteiger partial charge on any atom is -0.493 e. The molecule has 0 aromatic heterocycles. The fourth-order valence-corrected chi connectivity index (χ4v) is 3.07. The number of ether oxygens (including phenoxy) is 3. The van der Waals surface area contributed by atoms with Crippen LogP contribution in [0.5, 0.6) is 17.2 Å². The molecule has 1 aliphatic rings. The standard InChI is InChI=1S/C17H26N2O4/c1-11(2)19-8-7-17(19,3)16(20)18-12-9-13(21-4)15(23-6)14(10-12)22-5/h9-11H,7-8H2,1-6H3,(H,18,20). The zero-order valence-electron chi connectivity index (χ0n) is 14.7. The lowest BCUT2D eigenvalue weighted by molar-refractivity contribution is -0.138. The first-order valence-corrected chi connectivity index (χ1v) is 7.75. The molecule has 1 N–H and O–H groups in total. The summed E-state index contributed by atoms with van der Waals surface area (Å²) in [5.74, 6) is 1.52. The Morgan fingerprint density at radius 2 is 1.74 bits per heavy atom. The largest absolute Gasteiger partial charge is 0.493 e. The highest BCUT2D eigenvalue weighted by Crippen LogP contribution is 2.41. The first kappa shape index (κ1) is 17.4. The zero-order chi connectivity index (χ0) is 17.2. The number of likely N-dealkylation sites (tertiary alicyclic amines) is 1. The summed E-state index contributed by atoms with van der Waals surface area (Å²) in [7, 11) is 4.65. The average molecular weight is 322 g/mol. The number of rotatable bonds is 6. The molecule has 23 heavy (non-hydrogen) atoms. The van der Waals surface area contributed by atoms with Gasteiger partial charge in [0.05, 0.1) is 26.9 Å². The van der Waals surface area contributed by atoms with E-state index in [1.165, 1.54) is 0 Å². The number of methoxy groups -OCH3 is 3. The van der Waals surface area contributed by atoms with Crippen molar-refractivity contribution in [3.8, 4) is 17.2 Å². The van der Waals surface area contributed by atoms with Crippen LogP contribution >= 0.6 is 0 Å². The Bertz CT molecular complexity index is 563. The number of anilines is 1. The van der Waals surface area contributed by atoms with Crippen LogP contribution in [0.25, 0.3) is 0 Å². The van der Waals surface area contributed by atoms with E-state index in [1.807, 2.05) is 6.92 Å². The van der Waals surface area contributed by atoms with Gasteiger partial charge in [0.2, 0.25) is 11.7 Å². The van der Waals surface area contributed by atoms with Crippen molar-refractivity contribution in [1.29, 1.82) is 0 Å². The molecule has 1 aromatic carbocycles. The maximum atomic E-state index is 12.7. The van der Waals surface area contributed by atoms with E-state index >= 15 is 0 Å². The summed E-state index contributed by atoms with van der Waals surface area (Å²) in [6.45, 7) is 7.12. The quantitative estimate of drug-likeness (QED) is 0.872. The van der Waals surface area contributed by atoms with Crippen LogP contribution in [0.15, 0.2) is 12.1 Å². The SMILES string of the molecule is COc1cc(NC(=O)C2(C)CCN2C(C)C)cc(OC)c1OC. The summed E-state index contributed by atoms with van der Waals surface area (Å²) in [4.78, 5) is 14.9. The van der Waals surface area contributed by atoms with Crippen LogP contribution in [0.2, 0.25) is 0 Å². The van der Waals surface area contributed by atoms with Crippen molar-refractivity contribution in [2.75, 3.05) is 33.2 Å². The molecule has 6 heteroatoms. The predicted molar refractivity (Wildman–Crippen MR) is 89.6 cm³/mol. The molecule has 1 fully saturated rings. The fraction of sp³-hybridized carbons (Fsp3) is 0.588. The van der Waals surface area contributed by atoms with Gasteiger partial charge in [-0.1, -0.05) is 0 Å². The molecule has 0 radical (unpaired) electrons. The molecule has 1 atom stereocenters. The van der Waals surface area contributed by atoms with Gasteiger partial charge in [-0.25, -0.2) is 0 Å². The molecule has 1 saturated heterocycles. The highest BCUT2D eigenvalue weighted by Gasteiger charge is 2.47. The second-order valence-corrected chi connectivity index (χ2v) is 6.18. The molecule has 0 spiro atoms. The molecule has 2 rings (SSSR count). The Morgan fingerprint density at radius 1 is 1.17 bits per heavy atom. The van der Waals surface area contributed by atoms with Crippen LogP contribution in [-0.4, -0.2) is 50.3 Å². The van der Waals surface area contributed by atoms with Crippen LogP contribution < -0.4 is 19.5 Å². The molecule has 1 aromatic rings. The number of carbonyl (C=O) groups is 1. The van der Waals surface area contributed by atoms with Crippen molar-refractivity contribution in [1.82, 2.24) is 4.90 Å². The van der Waals surface area contributed by atoms with Gasteiger partial charge in [0, 0.05) is 30.4 Å². The third-order valence-corrected chi connectivity index (χ3v) is 4.51. The molecule has 1 unspecified atom stereocenters. The smallest absolute Gasteiger partial charge is 0.244 e. The lowest BCUT2D eigenvalue weighted by Crippen LogP contribution is -2.66. The topological polar surface area (TPSA) is 60.0 Å². The van der Waals surface area contributed by atoms with Gasteiger partial charge >= 0.3 is 0 Å². The van der Waals surface area contributed by atoms with Gasteiger partial charge in [0.15, 0.2) is 11.5 Å². The van der Waals surface area contributed by atoms with E-state index in [4.69, 9.17) is 14.2 Å².